The van der Waals surface area contributed by atoms with E-state index in [0.29, 0.717) is 41.1 Å². The fourth-order valence-corrected chi connectivity index (χ4v) is 4.62. The van der Waals surface area contributed by atoms with E-state index < -0.39 is 5.41 Å². The first-order valence-corrected chi connectivity index (χ1v) is 11.2. The smallest absolute Gasteiger partial charge is 0.233 e. The summed E-state index contributed by atoms with van der Waals surface area (Å²) in [6.07, 6.45) is 2.46. The van der Waals surface area contributed by atoms with Crippen molar-refractivity contribution in [2.45, 2.75) is 37.7 Å². The second kappa shape index (κ2) is 9.19. The summed E-state index contributed by atoms with van der Waals surface area (Å²) in [5, 5.41) is 1.15. The maximum absolute atomic E-state index is 13.5. The Morgan fingerprint density at radius 2 is 1.84 bits per heavy atom. The molecule has 31 heavy (non-hydrogen) atoms. The van der Waals surface area contributed by atoms with Gasteiger partial charge in [0.2, 0.25) is 5.91 Å². The molecule has 0 bridgehead atoms. The molecule has 2 aliphatic rings. The van der Waals surface area contributed by atoms with Crippen LogP contribution in [0, 0.1) is 0 Å². The highest BCUT2D eigenvalue weighted by molar-refractivity contribution is 6.31. The Balaban J connectivity index is 1.43. The Hall–Kier alpha value is -2.08. The number of carbonyl (C=O) groups is 2. The molecule has 1 unspecified atom stereocenters. The third-order valence-corrected chi connectivity index (χ3v) is 6.67. The van der Waals surface area contributed by atoms with Gasteiger partial charge in [-0.3, -0.25) is 9.59 Å². The summed E-state index contributed by atoms with van der Waals surface area (Å²) in [6, 6.07) is 12.6. The molecule has 1 saturated heterocycles. The number of benzene rings is 2. The molecule has 1 heterocycles. The SMILES string of the molecule is CC(=O)c1cc(Cl)ccc1OCC1CN(C(=O)C2(c3ccc(Cl)cc3)CCC2)CCO1. The number of morpholine rings is 1. The predicted molar refractivity (Wildman–Crippen MR) is 120 cm³/mol. The van der Waals surface area contributed by atoms with Crippen LogP contribution in [-0.2, 0) is 14.9 Å². The molecule has 1 aliphatic carbocycles. The highest BCUT2D eigenvalue weighted by Gasteiger charge is 2.48. The normalized spacial score (nSPS) is 20.1. The van der Waals surface area contributed by atoms with E-state index >= 15 is 0 Å². The molecule has 5 nitrogen and oxygen atoms in total. The third kappa shape index (κ3) is 4.59. The van der Waals surface area contributed by atoms with E-state index in [1.165, 1.54) is 6.92 Å². The Morgan fingerprint density at radius 1 is 1.13 bits per heavy atom. The van der Waals surface area contributed by atoms with Crippen LogP contribution in [0.4, 0.5) is 0 Å². The summed E-state index contributed by atoms with van der Waals surface area (Å²) in [5.74, 6) is 0.500. The average Bonchev–Trinajstić information content (AvgIpc) is 2.73. The van der Waals surface area contributed by atoms with Crippen molar-refractivity contribution in [3.05, 3.63) is 63.6 Å². The van der Waals surface area contributed by atoms with Gasteiger partial charge in [0.05, 0.1) is 24.1 Å². The van der Waals surface area contributed by atoms with Gasteiger partial charge in [-0.15, -0.1) is 0 Å². The van der Waals surface area contributed by atoms with Gasteiger partial charge >= 0.3 is 0 Å². The molecular formula is C24H25Cl2NO4. The molecule has 1 aliphatic heterocycles. The zero-order valence-corrected chi connectivity index (χ0v) is 18.9. The Morgan fingerprint density at radius 3 is 2.48 bits per heavy atom. The van der Waals surface area contributed by atoms with Crippen LogP contribution in [0.25, 0.3) is 0 Å². The molecule has 4 rings (SSSR count). The Bertz CT molecular complexity index is 972. The van der Waals surface area contributed by atoms with E-state index in [9.17, 15) is 9.59 Å². The molecule has 0 N–H and O–H groups in total. The molecule has 2 fully saturated rings. The lowest BCUT2D eigenvalue weighted by molar-refractivity contribution is -0.149. The quantitative estimate of drug-likeness (QED) is 0.572. The molecule has 2 aromatic carbocycles. The average molecular weight is 462 g/mol. The van der Waals surface area contributed by atoms with Gasteiger partial charge in [0.1, 0.15) is 18.5 Å². The molecule has 164 valence electrons. The summed E-state index contributed by atoms with van der Waals surface area (Å²) >= 11 is 12.0. The van der Waals surface area contributed by atoms with E-state index in [4.69, 9.17) is 32.7 Å². The zero-order chi connectivity index (χ0) is 22.0. The van der Waals surface area contributed by atoms with E-state index in [0.717, 1.165) is 24.8 Å². The van der Waals surface area contributed by atoms with Gasteiger partial charge in [0, 0.05) is 16.6 Å². The molecule has 0 spiro atoms. The Labute approximate surface area is 192 Å². The van der Waals surface area contributed by atoms with Gasteiger partial charge in [-0.05, 0) is 55.7 Å². The van der Waals surface area contributed by atoms with Crippen molar-refractivity contribution >= 4 is 34.9 Å². The fourth-order valence-electron chi connectivity index (χ4n) is 4.32. The summed E-state index contributed by atoms with van der Waals surface area (Å²) in [4.78, 5) is 27.3. The van der Waals surface area contributed by atoms with Gasteiger partial charge in [-0.25, -0.2) is 0 Å². The van der Waals surface area contributed by atoms with Crippen molar-refractivity contribution in [3.8, 4) is 5.75 Å². The number of nitrogens with zero attached hydrogens (tertiary/aromatic N) is 1. The largest absolute Gasteiger partial charge is 0.490 e. The molecule has 0 aromatic heterocycles. The van der Waals surface area contributed by atoms with Crippen LogP contribution < -0.4 is 4.74 Å². The second-order valence-corrected chi connectivity index (χ2v) is 9.07. The van der Waals surface area contributed by atoms with E-state index in [1.807, 2.05) is 29.2 Å². The van der Waals surface area contributed by atoms with Crippen molar-refractivity contribution in [3.63, 3.8) is 0 Å². The standard InChI is InChI=1S/C24H25Cl2NO4/c1-16(28)21-13-19(26)7-8-22(21)31-15-20-14-27(11-12-30-20)23(29)24(9-2-10-24)17-3-5-18(25)6-4-17/h3-8,13,20H,2,9-12,14-15H2,1H3. The summed E-state index contributed by atoms with van der Waals surface area (Å²) in [5.41, 5.74) is 0.998. The van der Waals surface area contributed by atoms with Crippen molar-refractivity contribution in [2.75, 3.05) is 26.3 Å². The third-order valence-electron chi connectivity index (χ3n) is 6.18. The number of carbonyl (C=O) groups excluding carboxylic acids is 2. The summed E-state index contributed by atoms with van der Waals surface area (Å²) < 4.78 is 11.7. The van der Waals surface area contributed by atoms with Crippen molar-refractivity contribution in [2.24, 2.45) is 0 Å². The monoisotopic (exact) mass is 461 g/mol. The first-order valence-electron chi connectivity index (χ1n) is 10.5. The van der Waals surface area contributed by atoms with Crippen LogP contribution in [0.5, 0.6) is 5.75 Å². The number of halogens is 2. The molecule has 1 saturated carbocycles. The van der Waals surface area contributed by atoms with E-state index in [2.05, 4.69) is 0 Å². The molecule has 1 atom stereocenters. The first kappa shape index (κ1) is 22.1. The highest BCUT2D eigenvalue weighted by Crippen LogP contribution is 2.45. The lowest BCUT2D eigenvalue weighted by Crippen LogP contribution is -2.56. The summed E-state index contributed by atoms with van der Waals surface area (Å²) in [7, 11) is 0. The number of hydrogen-bond donors (Lipinski definition) is 0. The van der Waals surface area contributed by atoms with Gasteiger partial charge in [0.25, 0.3) is 0 Å². The number of ketones is 1. The minimum absolute atomic E-state index is 0.117. The van der Waals surface area contributed by atoms with Crippen LogP contribution in [-0.4, -0.2) is 49.0 Å². The highest BCUT2D eigenvalue weighted by atomic mass is 35.5. The molecular weight excluding hydrogens is 437 g/mol. The molecule has 1 amide bonds. The van der Waals surface area contributed by atoms with Gasteiger partial charge in [-0.2, -0.15) is 0 Å². The van der Waals surface area contributed by atoms with Crippen molar-refractivity contribution < 1.29 is 19.1 Å². The minimum atomic E-state index is -0.467. The first-order chi connectivity index (χ1) is 14.9. The maximum atomic E-state index is 13.5. The van der Waals surface area contributed by atoms with Crippen LogP contribution in [0.15, 0.2) is 42.5 Å². The van der Waals surface area contributed by atoms with Crippen LogP contribution in [0.3, 0.4) is 0 Å². The van der Waals surface area contributed by atoms with Gasteiger partial charge in [-0.1, -0.05) is 41.8 Å². The topological polar surface area (TPSA) is 55.8 Å². The lowest BCUT2D eigenvalue weighted by atomic mass is 9.63. The maximum Gasteiger partial charge on any atom is 0.233 e. The van der Waals surface area contributed by atoms with Crippen molar-refractivity contribution in [1.82, 2.24) is 4.90 Å². The van der Waals surface area contributed by atoms with E-state index in [-0.39, 0.29) is 24.4 Å². The van der Waals surface area contributed by atoms with E-state index in [1.54, 1.807) is 18.2 Å². The molecule has 2 aromatic rings. The number of ether oxygens (including phenoxy) is 2. The van der Waals surface area contributed by atoms with Gasteiger partial charge in [0.15, 0.2) is 5.78 Å². The predicted octanol–water partition coefficient (Wildman–Crippen LogP) is 4.92. The second-order valence-electron chi connectivity index (χ2n) is 8.19. The Kier molecular flexibility index (Phi) is 6.56. The van der Waals surface area contributed by atoms with Crippen LogP contribution in [0.2, 0.25) is 10.0 Å². The lowest BCUT2D eigenvalue weighted by Gasteiger charge is -2.45. The minimum Gasteiger partial charge on any atom is -0.490 e. The zero-order valence-electron chi connectivity index (χ0n) is 17.4. The summed E-state index contributed by atoms with van der Waals surface area (Å²) in [6.45, 7) is 3.20. The van der Waals surface area contributed by atoms with Gasteiger partial charge < -0.3 is 14.4 Å². The van der Waals surface area contributed by atoms with Crippen LogP contribution in [0.1, 0.15) is 42.1 Å². The molecule has 0 radical (unpaired) electrons. The number of Topliss-reactive ketones (excluding diaryl/α,β-unsaturated/α-hetero) is 1. The van der Waals surface area contributed by atoms with Crippen LogP contribution >= 0.6 is 23.2 Å². The number of hydrogen-bond acceptors (Lipinski definition) is 4. The fraction of sp³-hybridized carbons (Fsp3) is 0.417. The number of amides is 1. The number of rotatable bonds is 6. The van der Waals surface area contributed by atoms with Crippen molar-refractivity contribution in [1.29, 1.82) is 0 Å². The molecule has 7 heteroatoms.